The van der Waals surface area contributed by atoms with Gasteiger partial charge in [0.15, 0.2) is 0 Å². The zero-order chi connectivity index (χ0) is 36.6. The Labute approximate surface area is 315 Å². The van der Waals surface area contributed by atoms with E-state index in [4.69, 9.17) is 9.97 Å². The molecule has 3 nitrogen and oxygen atoms in total. The zero-order valence-corrected chi connectivity index (χ0v) is 30.9. The van der Waals surface area contributed by atoms with Gasteiger partial charge in [0, 0.05) is 43.5 Å². The summed E-state index contributed by atoms with van der Waals surface area (Å²) in [5, 5.41) is 8.05. The second-order valence-electron chi connectivity index (χ2n) is 14.6. The number of para-hydroxylation sites is 1. The summed E-state index contributed by atoms with van der Waals surface area (Å²) in [6.45, 7) is 8.68. The molecule has 0 N–H and O–H groups in total. The lowest BCUT2D eigenvalue weighted by molar-refractivity contribution is 0.660. The van der Waals surface area contributed by atoms with Crippen LogP contribution in [0.5, 0.6) is 0 Å². The summed E-state index contributed by atoms with van der Waals surface area (Å²) in [7, 11) is 0. The summed E-state index contributed by atoms with van der Waals surface area (Å²) in [4.78, 5) is 11.1. The van der Waals surface area contributed by atoms with E-state index in [1.165, 1.54) is 49.4 Å². The topological polar surface area (TPSA) is 30.7 Å². The number of fused-ring (bicyclic) bond motifs is 11. The molecule has 1 aliphatic carbocycles. The molecular weight excluding hydrogens is 655 g/mol. The second kappa shape index (κ2) is 12.2. The third-order valence-corrected chi connectivity index (χ3v) is 11.4. The Morgan fingerprint density at radius 3 is 1.85 bits per heavy atom. The van der Waals surface area contributed by atoms with E-state index in [0.717, 1.165) is 49.5 Å². The predicted octanol–water partition coefficient (Wildman–Crippen LogP) is 13.7. The van der Waals surface area contributed by atoms with Crippen molar-refractivity contribution in [3.63, 3.8) is 0 Å². The molecule has 0 fully saturated rings. The van der Waals surface area contributed by atoms with E-state index < -0.39 is 0 Å². The third-order valence-electron chi connectivity index (χ3n) is 11.4. The molecule has 0 unspecified atom stereocenters. The number of aromatic nitrogens is 3. The van der Waals surface area contributed by atoms with Crippen molar-refractivity contribution in [2.45, 2.75) is 33.1 Å². The molecule has 0 amide bonds. The van der Waals surface area contributed by atoms with Gasteiger partial charge in [-0.15, -0.1) is 0 Å². The van der Waals surface area contributed by atoms with Crippen LogP contribution in [0.15, 0.2) is 164 Å². The number of nitrogens with zero attached hydrogens (tertiary/aromatic N) is 3. The molecule has 2 heterocycles. The highest BCUT2D eigenvalue weighted by Gasteiger charge is 2.35. The fourth-order valence-electron chi connectivity index (χ4n) is 8.92. The fourth-order valence-corrected chi connectivity index (χ4v) is 8.92. The van der Waals surface area contributed by atoms with Gasteiger partial charge in [-0.2, -0.15) is 0 Å². The highest BCUT2D eigenvalue weighted by atomic mass is 15.2. The minimum Gasteiger partial charge on any atom is -0.277 e. The fraction of sp³-hybridized carbons (Fsp3) is 0.0980. The smallest absolute Gasteiger partial charge is 0.235 e. The van der Waals surface area contributed by atoms with Crippen LogP contribution in [0.1, 0.15) is 38.8 Å². The lowest BCUT2D eigenvalue weighted by Crippen LogP contribution is -2.14. The standard InChI is InChI=1S/C49H33N3.C2H6/c1-49(2)42-22-11-10-19-37(42)41-29-33(25-28-43(41)49)36-20-12-21-38-39-26-23-31-14-7-9-18-35(31)46(39)52(47(36)38)48-50-44(32-15-4-3-5-16-32)40-27-24-30-13-6-8-17-34(30)45(40)51-48;1-2/h3-29H,1-2H3;1-2H3. The Hall–Kier alpha value is -6.58. The Kier molecular flexibility index (Phi) is 7.28. The molecule has 54 heavy (non-hydrogen) atoms. The molecule has 0 bridgehead atoms. The van der Waals surface area contributed by atoms with E-state index in [0.29, 0.717) is 5.95 Å². The molecule has 10 aromatic rings. The van der Waals surface area contributed by atoms with Gasteiger partial charge in [0.2, 0.25) is 5.95 Å². The predicted molar refractivity (Wildman–Crippen MR) is 229 cm³/mol. The Morgan fingerprint density at radius 2 is 1.04 bits per heavy atom. The summed E-state index contributed by atoms with van der Waals surface area (Å²) in [5.74, 6) is 0.666. The lowest BCUT2D eigenvalue weighted by atomic mass is 9.82. The van der Waals surface area contributed by atoms with Crippen LogP contribution in [0.25, 0.3) is 93.7 Å². The van der Waals surface area contributed by atoms with Crippen molar-refractivity contribution >= 4 is 54.3 Å². The van der Waals surface area contributed by atoms with Crippen LogP contribution >= 0.6 is 0 Å². The quantitative estimate of drug-likeness (QED) is 0.172. The van der Waals surface area contributed by atoms with Crippen molar-refractivity contribution < 1.29 is 0 Å². The number of benzene rings is 8. The molecule has 3 heteroatoms. The van der Waals surface area contributed by atoms with Crippen molar-refractivity contribution in [3.05, 3.63) is 175 Å². The van der Waals surface area contributed by atoms with Crippen LogP contribution in [-0.2, 0) is 5.41 Å². The molecule has 0 saturated heterocycles. The van der Waals surface area contributed by atoms with Crippen molar-refractivity contribution in [1.29, 1.82) is 0 Å². The minimum atomic E-state index is -0.0557. The van der Waals surface area contributed by atoms with E-state index in [1.807, 2.05) is 13.8 Å². The minimum absolute atomic E-state index is 0.0557. The second-order valence-corrected chi connectivity index (χ2v) is 14.6. The highest BCUT2D eigenvalue weighted by molar-refractivity contribution is 6.21. The normalized spacial score (nSPS) is 13.0. The summed E-state index contributed by atoms with van der Waals surface area (Å²) >= 11 is 0. The van der Waals surface area contributed by atoms with E-state index in [1.54, 1.807) is 0 Å². The van der Waals surface area contributed by atoms with E-state index in [2.05, 4.69) is 182 Å². The molecule has 8 aromatic carbocycles. The van der Waals surface area contributed by atoms with Gasteiger partial charge in [0.05, 0.1) is 22.2 Å². The van der Waals surface area contributed by atoms with Gasteiger partial charge >= 0.3 is 0 Å². The van der Waals surface area contributed by atoms with Gasteiger partial charge in [-0.05, 0) is 50.7 Å². The average Bonchev–Trinajstić information content (AvgIpc) is 3.70. The molecule has 258 valence electrons. The summed E-state index contributed by atoms with van der Waals surface area (Å²) in [6.07, 6.45) is 0. The molecule has 1 aliphatic rings. The van der Waals surface area contributed by atoms with Crippen molar-refractivity contribution in [1.82, 2.24) is 14.5 Å². The van der Waals surface area contributed by atoms with Crippen molar-refractivity contribution in [2.24, 2.45) is 0 Å². The van der Waals surface area contributed by atoms with Gasteiger partial charge in [0.1, 0.15) is 0 Å². The number of hydrogen-bond donors (Lipinski definition) is 0. The van der Waals surface area contributed by atoms with Crippen LogP contribution in [0.4, 0.5) is 0 Å². The van der Waals surface area contributed by atoms with Crippen molar-refractivity contribution in [2.75, 3.05) is 0 Å². The highest BCUT2D eigenvalue weighted by Crippen LogP contribution is 2.50. The molecular formula is C51H39N3. The molecule has 0 atom stereocenters. The Balaban J connectivity index is 0.00000178. The summed E-state index contributed by atoms with van der Waals surface area (Å²) in [6, 6.07) is 59.3. The van der Waals surface area contributed by atoms with E-state index in [-0.39, 0.29) is 5.41 Å². The third kappa shape index (κ3) is 4.61. The van der Waals surface area contributed by atoms with E-state index >= 15 is 0 Å². The molecule has 0 spiro atoms. The van der Waals surface area contributed by atoms with Crippen LogP contribution in [0.3, 0.4) is 0 Å². The van der Waals surface area contributed by atoms with Crippen molar-refractivity contribution in [3.8, 4) is 39.5 Å². The maximum atomic E-state index is 5.53. The lowest BCUT2D eigenvalue weighted by Gasteiger charge is -2.21. The van der Waals surface area contributed by atoms with Crippen LogP contribution < -0.4 is 0 Å². The van der Waals surface area contributed by atoms with Gasteiger partial charge in [-0.1, -0.05) is 179 Å². The van der Waals surface area contributed by atoms with Gasteiger partial charge < -0.3 is 0 Å². The first-order chi connectivity index (χ1) is 26.6. The molecule has 0 radical (unpaired) electrons. The first-order valence-corrected chi connectivity index (χ1v) is 19.0. The molecule has 2 aromatic heterocycles. The SMILES string of the molecule is CC.CC1(C)c2ccccc2-c2cc(-c3cccc4c5ccc6ccccc6c5n(-c5nc(-c6ccccc6)c6ccc7ccccc7c6n5)c34)ccc21. The van der Waals surface area contributed by atoms with Crippen LogP contribution in [-0.4, -0.2) is 14.5 Å². The Bertz CT molecular complexity index is 3100. The first kappa shape index (κ1) is 32.1. The van der Waals surface area contributed by atoms with Gasteiger partial charge in [-0.3, -0.25) is 4.57 Å². The van der Waals surface area contributed by atoms with Gasteiger partial charge in [-0.25, -0.2) is 9.97 Å². The number of hydrogen-bond acceptors (Lipinski definition) is 2. The Morgan fingerprint density at radius 1 is 0.426 bits per heavy atom. The maximum Gasteiger partial charge on any atom is 0.235 e. The number of rotatable bonds is 3. The summed E-state index contributed by atoms with van der Waals surface area (Å²) in [5.41, 5.74) is 12.8. The average molecular weight is 694 g/mol. The van der Waals surface area contributed by atoms with E-state index in [9.17, 15) is 0 Å². The largest absolute Gasteiger partial charge is 0.277 e. The van der Waals surface area contributed by atoms with Crippen LogP contribution in [0, 0.1) is 0 Å². The summed E-state index contributed by atoms with van der Waals surface area (Å²) < 4.78 is 2.35. The van der Waals surface area contributed by atoms with Crippen LogP contribution in [0.2, 0.25) is 0 Å². The molecule has 11 rings (SSSR count). The zero-order valence-electron chi connectivity index (χ0n) is 30.9. The maximum absolute atomic E-state index is 5.53. The molecule has 0 aliphatic heterocycles. The van der Waals surface area contributed by atoms with Gasteiger partial charge in [0.25, 0.3) is 0 Å². The monoisotopic (exact) mass is 693 g/mol. The first-order valence-electron chi connectivity index (χ1n) is 19.0. The molecule has 0 saturated carbocycles.